The van der Waals surface area contributed by atoms with E-state index in [-0.39, 0.29) is 17.3 Å². The minimum Gasteiger partial charge on any atom is -0.487 e. The van der Waals surface area contributed by atoms with Crippen LogP contribution in [-0.4, -0.2) is 64.4 Å². The Morgan fingerprint density at radius 3 is 2.46 bits per heavy atom. The summed E-state index contributed by atoms with van der Waals surface area (Å²) < 4.78 is 58.9. The standard InChI is InChI=1S/C33H36N4O6S2.ClH/c1-44(39,40)36-26-10-12-31-29(19-26)30(35-32(38)22-45(41,42)28-5-3-2-4-6-28)20-33(43-31)13-15-37(16-14-33)27-11-9-24-17-23(21-34)7-8-25(24)18-27;/h2-8,10,12,17,19,27,30,36H,9,11,13-16,18,20,22H2,1H3,(H,35,38);1H. The first-order valence-electron chi connectivity index (χ1n) is 15.1. The van der Waals surface area contributed by atoms with Crippen molar-refractivity contribution in [1.82, 2.24) is 10.2 Å². The number of nitrogens with one attached hydrogen (secondary N) is 2. The van der Waals surface area contributed by atoms with Crippen LogP contribution in [0.25, 0.3) is 0 Å². The lowest BCUT2D eigenvalue weighted by Gasteiger charge is -2.49. The Hall–Kier alpha value is -3.63. The van der Waals surface area contributed by atoms with Crippen molar-refractivity contribution in [3.63, 3.8) is 0 Å². The van der Waals surface area contributed by atoms with E-state index in [1.165, 1.54) is 23.3 Å². The summed E-state index contributed by atoms with van der Waals surface area (Å²) in [5, 5.41) is 12.2. The Bertz CT molecular complexity index is 1870. The number of aryl methyl sites for hydroxylation is 1. The Balaban J connectivity index is 0.00000417. The van der Waals surface area contributed by atoms with Gasteiger partial charge in [-0.2, -0.15) is 5.26 Å². The summed E-state index contributed by atoms with van der Waals surface area (Å²) in [5.74, 6) is -0.791. The maximum atomic E-state index is 13.2. The number of ether oxygens (including phenoxy) is 1. The molecule has 2 heterocycles. The third kappa shape index (κ3) is 7.50. The van der Waals surface area contributed by atoms with E-state index in [0.29, 0.717) is 35.0 Å². The van der Waals surface area contributed by atoms with Gasteiger partial charge in [0.05, 0.1) is 28.8 Å². The van der Waals surface area contributed by atoms with Gasteiger partial charge in [0.1, 0.15) is 17.1 Å². The molecule has 2 aliphatic heterocycles. The quantitative estimate of drug-likeness (QED) is 0.378. The highest BCUT2D eigenvalue weighted by Gasteiger charge is 2.45. The molecule has 0 saturated carbocycles. The maximum absolute atomic E-state index is 13.2. The zero-order chi connectivity index (χ0) is 31.8. The number of nitriles is 1. The first-order valence-corrected chi connectivity index (χ1v) is 18.6. The predicted molar refractivity (Wildman–Crippen MR) is 177 cm³/mol. The molecule has 10 nitrogen and oxygen atoms in total. The molecule has 1 aliphatic carbocycles. The molecule has 2 atom stereocenters. The number of anilines is 1. The molecule has 1 fully saturated rings. The summed E-state index contributed by atoms with van der Waals surface area (Å²) in [6.07, 6.45) is 5.82. The average molecular weight is 685 g/mol. The van der Waals surface area contributed by atoms with E-state index < -0.39 is 43.2 Å². The maximum Gasteiger partial charge on any atom is 0.236 e. The Morgan fingerprint density at radius 2 is 1.76 bits per heavy atom. The summed E-state index contributed by atoms with van der Waals surface area (Å²) in [7, 11) is -7.40. The van der Waals surface area contributed by atoms with Gasteiger partial charge in [0.15, 0.2) is 9.84 Å². The summed E-state index contributed by atoms with van der Waals surface area (Å²) in [5.41, 5.74) is 3.60. The molecule has 1 amide bonds. The molecule has 13 heteroatoms. The molecule has 3 aromatic rings. The van der Waals surface area contributed by atoms with Gasteiger partial charge in [-0.1, -0.05) is 24.3 Å². The second kappa shape index (κ2) is 13.2. The number of piperidine rings is 1. The summed E-state index contributed by atoms with van der Waals surface area (Å²) >= 11 is 0. The van der Waals surface area contributed by atoms with Crippen molar-refractivity contribution in [2.45, 2.75) is 61.1 Å². The second-order valence-corrected chi connectivity index (χ2v) is 16.1. The summed E-state index contributed by atoms with van der Waals surface area (Å²) in [6.45, 7) is 1.62. The third-order valence-corrected chi connectivity index (χ3v) is 11.4. The van der Waals surface area contributed by atoms with E-state index in [2.05, 4.69) is 27.1 Å². The Morgan fingerprint density at radius 1 is 1.02 bits per heavy atom. The Kier molecular flexibility index (Phi) is 9.70. The number of carbonyl (C=O) groups excluding carboxylic acids is 1. The summed E-state index contributed by atoms with van der Waals surface area (Å²) in [6, 6.07) is 20.9. The fourth-order valence-corrected chi connectivity index (χ4v) is 8.64. The van der Waals surface area contributed by atoms with Gasteiger partial charge in [0.25, 0.3) is 0 Å². The first-order chi connectivity index (χ1) is 21.4. The smallest absolute Gasteiger partial charge is 0.236 e. The highest BCUT2D eigenvalue weighted by Crippen LogP contribution is 2.46. The molecule has 0 bridgehead atoms. The molecule has 1 saturated heterocycles. The number of sulfone groups is 1. The van der Waals surface area contributed by atoms with Crippen molar-refractivity contribution in [2.75, 3.05) is 29.8 Å². The molecule has 3 aliphatic rings. The number of fused-ring (bicyclic) bond motifs is 2. The number of hydrogen-bond acceptors (Lipinski definition) is 8. The van der Waals surface area contributed by atoms with Gasteiger partial charge >= 0.3 is 0 Å². The van der Waals surface area contributed by atoms with Gasteiger partial charge in [0.2, 0.25) is 15.9 Å². The van der Waals surface area contributed by atoms with Gasteiger partial charge in [-0.15, -0.1) is 12.4 Å². The molecule has 2 unspecified atom stereocenters. The zero-order valence-corrected chi connectivity index (χ0v) is 27.9. The van der Waals surface area contributed by atoms with Gasteiger partial charge in [-0.3, -0.25) is 14.4 Å². The van der Waals surface area contributed by atoms with Crippen molar-refractivity contribution in [3.8, 4) is 11.8 Å². The molecule has 3 aromatic carbocycles. The monoisotopic (exact) mass is 684 g/mol. The summed E-state index contributed by atoms with van der Waals surface area (Å²) in [4.78, 5) is 15.8. The van der Waals surface area contributed by atoms with Crippen molar-refractivity contribution in [2.24, 2.45) is 0 Å². The average Bonchev–Trinajstić information content (AvgIpc) is 3.00. The van der Waals surface area contributed by atoms with E-state index >= 15 is 0 Å². The number of nitrogens with zero attached hydrogens (tertiary/aromatic N) is 2. The van der Waals surface area contributed by atoms with Crippen molar-refractivity contribution >= 4 is 43.9 Å². The van der Waals surface area contributed by atoms with Crippen LogP contribution >= 0.6 is 12.4 Å². The molecule has 46 heavy (non-hydrogen) atoms. The van der Waals surface area contributed by atoms with Crippen LogP contribution in [0.2, 0.25) is 0 Å². The number of rotatable bonds is 7. The molecule has 0 radical (unpaired) electrons. The van der Waals surface area contributed by atoms with E-state index in [1.807, 2.05) is 12.1 Å². The largest absolute Gasteiger partial charge is 0.487 e. The number of likely N-dealkylation sites (tertiary alicyclic amines) is 1. The van der Waals surface area contributed by atoms with Crippen LogP contribution in [0.4, 0.5) is 5.69 Å². The normalized spacial score (nSPS) is 20.6. The van der Waals surface area contributed by atoms with Crippen LogP contribution in [0, 0.1) is 11.3 Å². The van der Waals surface area contributed by atoms with Crippen molar-refractivity contribution < 1.29 is 26.4 Å². The van der Waals surface area contributed by atoms with Gasteiger partial charge in [-0.25, -0.2) is 16.8 Å². The van der Waals surface area contributed by atoms with Gasteiger partial charge in [-0.05, 0) is 85.7 Å². The number of benzene rings is 3. The van der Waals surface area contributed by atoms with Crippen molar-refractivity contribution in [1.29, 1.82) is 5.26 Å². The lowest BCUT2D eigenvalue weighted by molar-refractivity contribution is -0.120. The molecule has 0 aromatic heterocycles. The van der Waals surface area contributed by atoms with Crippen LogP contribution in [0.15, 0.2) is 71.6 Å². The highest BCUT2D eigenvalue weighted by molar-refractivity contribution is 7.92. The molecule has 244 valence electrons. The number of hydrogen-bond donors (Lipinski definition) is 2. The van der Waals surface area contributed by atoms with Crippen LogP contribution < -0.4 is 14.8 Å². The molecular formula is C33H37ClN4O6S2. The van der Waals surface area contributed by atoms with E-state index in [9.17, 15) is 26.9 Å². The fraction of sp³-hybridized carbons (Fsp3) is 0.394. The molecule has 1 spiro atoms. The third-order valence-electron chi connectivity index (χ3n) is 9.11. The van der Waals surface area contributed by atoms with E-state index in [0.717, 1.165) is 51.4 Å². The zero-order valence-electron chi connectivity index (χ0n) is 25.4. The molecule has 6 rings (SSSR count). The van der Waals surface area contributed by atoms with E-state index in [4.69, 9.17) is 4.74 Å². The van der Waals surface area contributed by atoms with Gasteiger partial charge < -0.3 is 10.1 Å². The predicted octanol–water partition coefficient (Wildman–Crippen LogP) is 4.16. The van der Waals surface area contributed by atoms with Crippen LogP contribution in [0.3, 0.4) is 0 Å². The van der Waals surface area contributed by atoms with Crippen molar-refractivity contribution in [3.05, 3.63) is 89.0 Å². The second-order valence-electron chi connectivity index (χ2n) is 12.3. The molecular weight excluding hydrogens is 648 g/mol. The van der Waals surface area contributed by atoms with Crippen LogP contribution in [0.1, 0.15) is 54.0 Å². The SMILES string of the molecule is CS(=O)(=O)Nc1ccc2c(c1)C(NC(=O)CS(=O)(=O)c1ccccc1)CC1(CCN(C3CCc4cc(C#N)ccc4C3)CC1)O2.Cl. The Labute approximate surface area is 276 Å². The minimum atomic E-state index is -3.86. The number of amides is 1. The number of sulfonamides is 1. The molecule has 2 N–H and O–H groups in total. The first kappa shape index (κ1) is 33.7. The minimum absolute atomic E-state index is 0. The fourth-order valence-electron chi connectivity index (χ4n) is 6.92. The number of halogens is 1. The lowest BCUT2D eigenvalue weighted by Crippen LogP contribution is -2.55. The van der Waals surface area contributed by atoms with E-state index in [1.54, 1.807) is 36.4 Å². The van der Waals surface area contributed by atoms with Gasteiger partial charge in [0, 0.05) is 36.8 Å². The lowest BCUT2D eigenvalue weighted by atomic mass is 9.79. The number of carbonyl (C=O) groups is 1. The van der Waals surface area contributed by atoms with Crippen LogP contribution in [-0.2, 0) is 37.5 Å². The van der Waals surface area contributed by atoms with Crippen LogP contribution in [0.5, 0.6) is 5.75 Å². The highest BCUT2D eigenvalue weighted by atomic mass is 35.5. The topological polar surface area (TPSA) is 146 Å².